The molecule has 13 heteroatoms. The Morgan fingerprint density at radius 1 is 0.584 bits per heavy atom. The Morgan fingerprint density at radius 3 is 1.53 bits per heavy atom. The third kappa shape index (κ3) is 13.3. The Bertz CT molecular complexity index is 3660. The molecular weight excluding hydrogens is 1010 g/mol. The average molecular weight is 1060 g/mol. The van der Waals surface area contributed by atoms with Crippen LogP contribution in [0.2, 0.25) is 10.0 Å². The van der Waals surface area contributed by atoms with Crippen LogP contribution in [0.5, 0.6) is 11.5 Å². The van der Waals surface area contributed by atoms with Gasteiger partial charge >= 0.3 is 0 Å². The lowest BCUT2D eigenvalue weighted by Crippen LogP contribution is -2.14. The van der Waals surface area contributed by atoms with Crippen LogP contribution in [0.15, 0.2) is 170 Å². The van der Waals surface area contributed by atoms with Crippen LogP contribution in [0.4, 0.5) is 8.78 Å². The minimum Gasteiger partial charge on any atom is -0.508 e. The Labute approximate surface area is 454 Å². The summed E-state index contributed by atoms with van der Waals surface area (Å²) in [4.78, 5) is 48.1. The summed E-state index contributed by atoms with van der Waals surface area (Å²) in [6.45, 7) is 0. The largest absolute Gasteiger partial charge is 0.508 e. The van der Waals surface area contributed by atoms with Crippen LogP contribution in [-0.4, -0.2) is 37.7 Å². The van der Waals surface area contributed by atoms with Crippen molar-refractivity contribution in [3.05, 3.63) is 248 Å². The number of halogens is 4. The number of aromatic nitrogens is 2. The van der Waals surface area contributed by atoms with Crippen molar-refractivity contribution in [3.8, 4) is 39.8 Å². The van der Waals surface area contributed by atoms with E-state index in [1.807, 2.05) is 60.7 Å². The first-order valence-corrected chi connectivity index (χ1v) is 25.7. The highest BCUT2D eigenvalue weighted by Crippen LogP contribution is 2.39. The van der Waals surface area contributed by atoms with Gasteiger partial charge in [-0.25, -0.2) is 8.78 Å². The van der Waals surface area contributed by atoms with Crippen molar-refractivity contribution in [3.63, 3.8) is 0 Å². The van der Waals surface area contributed by atoms with Gasteiger partial charge in [0.1, 0.15) is 34.7 Å². The molecule has 1 amide bonds. The number of nitrogens with two attached hydrogens (primary N) is 1. The van der Waals surface area contributed by atoms with Gasteiger partial charge in [0.05, 0.1) is 23.0 Å². The molecule has 77 heavy (non-hydrogen) atoms. The predicted molar refractivity (Wildman–Crippen MR) is 296 cm³/mol. The van der Waals surface area contributed by atoms with Crippen molar-refractivity contribution in [2.45, 2.75) is 63.2 Å². The number of nitriles is 1. The number of hydrogen-bond donors (Lipinski definition) is 3. The number of carbonyl (C=O) groups is 3. The molecule has 0 radical (unpaired) electrons. The minimum absolute atomic E-state index is 0.00701. The molecule has 9 nitrogen and oxygen atoms in total. The van der Waals surface area contributed by atoms with Crippen LogP contribution in [0, 0.1) is 23.0 Å². The summed E-state index contributed by atoms with van der Waals surface area (Å²) in [5.74, 6) is -1.84. The summed E-state index contributed by atoms with van der Waals surface area (Å²) >= 11 is 12.3. The normalized spacial score (nSPS) is 13.0. The Morgan fingerprint density at radius 2 is 1.06 bits per heavy atom. The molecule has 8 aromatic rings. The van der Waals surface area contributed by atoms with Crippen molar-refractivity contribution in [1.82, 2.24) is 9.97 Å². The van der Waals surface area contributed by atoms with Crippen LogP contribution >= 0.6 is 23.2 Å². The number of phenolic OH excluding ortho intramolecular Hbond substituents is 2. The molecule has 2 heterocycles. The van der Waals surface area contributed by atoms with E-state index in [0.717, 1.165) is 62.1 Å². The number of Topliss-reactive ketones (excluding diaryl/α,β-unsaturated/α-hetero) is 2. The smallest absolute Gasteiger partial charge is 0.248 e. The number of hydrogen-bond acceptors (Lipinski definition) is 8. The first-order valence-electron chi connectivity index (χ1n) is 24.9. The molecule has 10 rings (SSSR count). The maximum absolute atomic E-state index is 14.2. The minimum atomic E-state index is -0.542. The van der Waals surface area contributed by atoms with Gasteiger partial charge in [-0.2, -0.15) is 5.26 Å². The zero-order valence-corrected chi connectivity index (χ0v) is 43.0. The van der Waals surface area contributed by atoms with E-state index in [4.69, 9.17) is 28.9 Å². The monoisotopic (exact) mass is 1060 g/mol. The number of aromatic hydroxyl groups is 2. The molecule has 0 aliphatic heterocycles. The van der Waals surface area contributed by atoms with Gasteiger partial charge in [0.15, 0.2) is 0 Å². The Kier molecular flexibility index (Phi) is 16.6. The van der Waals surface area contributed by atoms with Crippen molar-refractivity contribution < 1.29 is 33.4 Å². The lowest BCUT2D eigenvalue weighted by molar-refractivity contribution is -0.119. The highest BCUT2D eigenvalue weighted by atomic mass is 35.5. The average Bonchev–Trinajstić information content (AvgIpc) is 4.01. The van der Waals surface area contributed by atoms with Crippen LogP contribution in [0.1, 0.15) is 98.2 Å². The van der Waals surface area contributed by atoms with E-state index in [1.54, 1.807) is 85.2 Å². The summed E-state index contributed by atoms with van der Waals surface area (Å²) in [6.07, 6.45) is 10.3. The molecule has 2 atom stereocenters. The molecule has 0 unspecified atom stereocenters. The number of amides is 1. The fourth-order valence-electron chi connectivity index (χ4n) is 10.4. The SMILES string of the molecule is N#Cc1cccc(-c2cccnc2[C@@H](CC(=O)CC2=CCc3ccc(O)cc32)Cc2cc(F)cc(Cl)c2)c1.NC(=O)c1cccc(-c2cccnc2[C@@H](CC(=O)CC2=CCc3ccc(O)cc32)Cc2cc(F)cc(Cl)c2)c1. The number of rotatable bonds is 17. The molecule has 0 saturated heterocycles. The first kappa shape index (κ1) is 53.3. The molecular formula is C64H50Cl2F2N4O5. The number of ketones is 2. The van der Waals surface area contributed by atoms with E-state index in [-0.39, 0.29) is 59.7 Å². The fraction of sp³-hybridized carbons (Fsp3) is 0.156. The lowest BCUT2D eigenvalue weighted by Gasteiger charge is -2.20. The van der Waals surface area contributed by atoms with Crippen molar-refractivity contribution in [2.24, 2.45) is 5.73 Å². The van der Waals surface area contributed by atoms with Crippen molar-refractivity contribution >= 4 is 51.8 Å². The second-order valence-electron chi connectivity index (χ2n) is 19.3. The molecule has 4 N–H and O–H groups in total. The van der Waals surface area contributed by atoms with Gasteiger partial charge in [0.25, 0.3) is 0 Å². The molecule has 2 aliphatic carbocycles. The van der Waals surface area contributed by atoms with E-state index in [9.17, 15) is 38.6 Å². The zero-order chi connectivity index (χ0) is 54.2. The van der Waals surface area contributed by atoms with Gasteiger partial charge in [-0.3, -0.25) is 24.4 Å². The van der Waals surface area contributed by atoms with Crippen LogP contribution < -0.4 is 5.73 Å². The summed E-state index contributed by atoms with van der Waals surface area (Å²) in [5.41, 5.74) is 18.0. The van der Waals surface area contributed by atoms with Gasteiger partial charge in [-0.1, -0.05) is 83.9 Å². The number of benzene rings is 6. The van der Waals surface area contributed by atoms with Crippen LogP contribution in [-0.2, 0) is 35.3 Å². The Balaban J connectivity index is 0.000000188. The number of carbonyl (C=O) groups excluding carboxylic acids is 3. The molecule has 384 valence electrons. The highest BCUT2D eigenvalue weighted by molar-refractivity contribution is 6.31. The topological polar surface area (TPSA) is 167 Å². The molecule has 2 aromatic heterocycles. The third-order valence-corrected chi connectivity index (χ3v) is 14.2. The second-order valence-corrected chi connectivity index (χ2v) is 20.1. The number of pyridine rings is 2. The summed E-state index contributed by atoms with van der Waals surface area (Å²) < 4.78 is 28.4. The van der Waals surface area contributed by atoms with Crippen LogP contribution in [0.25, 0.3) is 33.4 Å². The van der Waals surface area contributed by atoms with Gasteiger partial charge in [0.2, 0.25) is 5.91 Å². The van der Waals surface area contributed by atoms with Crippen molar-refractivity contribution in [2.75, 3.05) is 0 Å². The van der Waals surface area contributed by atoms with E-state index in [2.05, 4.69) is 16.0 Å². The van der Waals surface area contributed by atoms with E-state index >= 15 is 0 Å². The maximum atomic E-state index is 14.2. The number of allylic oxidation sites excluding steroid dienone is 4. The molecule has 0 spiro atoms. The standard InChI is InChI=1S/C32H26ClFN2O3.C32H24ClFN2O2/c33-25-12-19(13-26(34)17-25)11-24(16-28(38)15-22-7-6-20-8-9-27(37)18-30(20)22)31-29(5-2-10-36-31)21-3-1-4-23(14-21)32(35)39;33-26-13-21(14-27(34)17-26)12-25(16-29(38)15-24-7-6-22-8-9-28(37)18-31(22)24)32-30(5-2-10-36-32)23-4-1-3-20(11-23)19-35/h1-5,7-10,12-14,17-18,24,37H,6,11,15-16H2,(H2,35,39);1-5,7-11,13-14,17-18,25,37H,6,12,15-16H2/t24-;25-/m11/s1. The summed E-state index contributed by atoms with van der Waals surface area (Å²) in [5, 5.41) is 29.9. The number of primary amides is 1. The quantitative estimate of drug-likeness (QED) is 0.0810. The predicted octanol–water partition coefficient (Wildman–Crippen LogP) is 14.1. The molecule has 2 aliphatic rings. The number of fused-ring (bicyclic) bond motifs is 2. The molecule has 0 fully saturated rings. The van der Waals surface area contributed by atoms with Crippen LogP contribution in [0.3, 0.4) is 0 Å². The molecule has 0 saturated carbocycles. The number of nitrogens with zero attached hydrogens (tertiary/aromatic N) is 3. The van der Waals surface area contributed by atoms with E-state index < -0.39 is 23.5 Å². The van der Waals surface area contributed by atoms with Gasteiger partial charge in [-0.15, -0.1) is 0 Å². The second kappa shape index (κ2) is 24.0. The van der Waals surface area contributed by atoms with E-state index in [0.29, 0.717) is 57.9 Å². The fourth-order valence-corrected chi connectivity index (χ4v) is 10.8. The molecule has 6 aromatic carbocycles. The zero-order valence-electron chi connectivity index (χ0n) is 41.5. The third-order valence-electron chi connectivity index (χ3n) is 13.8. The van der Waals surface area contributed by atoms with E-state index in [1.165, 1.54) is 24.3 Å². The number of phenols is 2. The summed E-state index contributed by atoms with van der Waals surface area (Å²) in [6, 6.07) is 43.0. The maximum Gasteiger partial charge on any atom is 0.248 e. The highest BCUT2D eigenvalue weighted by Gasteiger charge is 2.27. The van der Waals surface area contributed by atoms with Crippen molar-refractivity contribution in [1.29, 1.82) is 5.26 Å². The van der Waals surface area contributed by atoms with Gasteiger partial charge < -0.3 is 15.9 Å². The lowest BCUT2D eigenvalue weighted by atomic mass is 9.85. The Hall–Kier alpha value is -8.56. The first-order chi connectivity index (χ1) is 37.2. The van der Waals surface area contributed by atoms with Gasteiger partial charge in [0, 0.05) is 76.6 Å². The molecule has 0 bridgehead atoms. The summed E-state index contributed by atoms with van der Waals surface area (Å²) in [7, 11) is 0. The van der Waals surface area contributed by atoms with Gasteiger partial charge in [-0.05, 0) is 178 Å².